The smallest absolute Gasteiger partial charge is 0.0595 e. The predicted molar refractivity (Wildman–Crippen MR) is 168 cm³/mol. The van der Waals surface area contributed by atoms with Crippen molar-refractivity contribution in [1.82, 2.24) is 4.98 Å². The fraction of sp³-hybridized carbons (Fsp3) is 0.0571. The van der Waals surface area contributed by atoms with E-state index in [9.17, 15) is 0 Å². The molecule has 5 heteroatoms. The molecule has 0 bridgehead atoms. The van der Waals surface area contributed by atoms with E-state index < -0.39 is 0 Å². The van der Waals surface area contributed by atoms with E-state index in [-0.39, 0.29) is 20.1 Å². The molecule has 8 rings (SSSR count). The van der Waals surface area contributed by atoms with Gasteiger partial charge in [0.25, 0.3) is 0 Å². The molecule has 6 aromatic carbocycles. The van der Waals surface area contributed by atoms with Gasteiger partial charge >= 0.3 is 0 Å². The van der Waals surface area contributed by atoms with Crippen LogP contribution < -0.4 is 0 Å². The zero-order valence-corrected chi connectivity index (χ0v) is 25.2. The van der Waals surface area contributed by atoms with Crippen LogP contribution in [0.4, 0.5) is 0 Å². The topological polar surface area (TPSA) is 53.4 Å². The molecule has 0 spiro atoms. The number of thiophene rings is 1. The molecule has 2 N–H and O–H groups in total. The summed E-state index contributed by atoms with van der Waals surface area (Å²) in [5.74, 6) is 0. The molecule has 199 valence electrons. The minimum atomic E-state index is 0. The van der Waals surface area contributed by atoms with Gasteiger partial charge in [0.2, 0.25) is 0 Å². The normalized spacial score (nSPS) is 10.8. The van der Waals surface area contributed by atoms with Gasteiger partial charge in [0, 0.05) is 39.0 Å². The Hall–Kier alpha value is -3.70. The Kier molecular flexibility index (Phi) is 8.22. The summed E-state index contributed by atoms with van der Waals surface area (Å²) in [4.78, 5) is 4.91. The molecular formula is C35H26IrNO2S-. The average molecular weight is 717 g/mol. The first-order valence-electron chi connectivity index (χ1n) is 12.7. The van der Waals surface area contributed by atoms with Crippen molar-refractivity contribution in [2.24, 2.45) is 0 Å². The van der Waals surface area contributed by atoms with E-state index in [0.29, 0.717) is 0 Å². The third-order valence-electron chi connectivity index (χ3n) is 7.14. The van der Waals surface area contributed by atoms with Gasteiger partial charge in [-0.2, -0.15) is 11.3 Å². The molecule has 0 amide bonds. The first kappa shape index (κ1) is 27.9. The Morgan fingerprint density at radius 1 is 0.550 bits per heavy atom. The van der Waals surface area contributed by atoms with E-state index in [0.717, 1.165) is 36.4 Å². The Balaban J connectivity index is 0.000000620. The fourth-order valence-corrected chi connectivity index (χ4v) is 6.57. The van der Waals surface area contributed by atoms with Gasteiger partial charge in [-0.05, 0) is 71.7 Å². The number of rotatable bonds is 1. The van der Waals surface area contributed by atoms with Crippen LogP contribution in [0.3, 0.4) is 0 Å². The molecule has 3 nitrogen and oxygen atoms in total. The molecular weight excluding hydrogens is 691 g/mol. The molecule has 0 aliphatic heterocycles. The van der Waals surface area contributed by atoms with Crippen LogP contribution in [-0.2, 0) is 20.1 Å². The maximum atomic E-state index is 7.00. The Morgan fingerprint density at radius 3 is 1.77 bits per heavy atom. The third-order valence-corrected chi connectivity index (χ3v) is 8.26. The van der Waals surface area contributed by atoms with Crippen molar-refractivity contribution >= 4 is 74.7 Å². The number of hydrogen-bond donors (Lipinski definition) is 2. The Morgan fingerprint density at radius 2 is 1.10 bits per heavy atom. The van der Waals surface area contributed by atoms with Crippen LogP contribution in [0.25, 0.3) is 74.6 Å². The number of aliphatic hydroxyl groups is 2. The van der Waals surface area contributed by atoms with Gasteiger partial charge in [-0.3, -0.25) is 4.98 Å². The third kappa shape index (κ3) is 4.56. The van der Waals surface area contributed by atoms with E-state index in [1.54, 1.807) is 0 Å². The zero-order valence-electron chi connectivity index (χ0n) is 22.0. The molecule has 0 aliphatic rings. The molecule has 0 saturated carbocycles. The van der Waals surface area contributed by atoms with Crippen molar-refractivity contribution in [1.29, 1.82) is 0 Å². The van der Waals surface area contributed by atoms with Crippen LogP contribution >= 0.6 is 11.3 Å². The maximum absolute atomic E-state index is 7.00. The minimum absolute atomic E-state index is 0. The van der Waals surface area contributed by atoms with Gasteiger partial charge in [0.05, 0.1) is 5.52 Å². The second-order valence-corrected chi connectivity index (χ2v) is 10.2. The summed E-state index contributed by atoms with van der Waals surface area (Å²) in [7, 11) is 2.00. The van der Waals surface area contributed by atoms with Crippen molar-refractivity contribution in [3.05, 3.63) is 115 Å². The molecule has 2 aromatic heterocycles. The van der Waals surface area contributed by atoms with Crippen LogP contribution in [0.1, 0.15) is 0 Å². The first-order chi connectivity index (χ1) is 19.3. The first-order valence-corrected chi connectivity index (χ1v) is 13.5. The van der Waals surface area contributed by atoms with Crippen LogP contribution in [0.15, 0.2) is 109 Å². The van der Waals surface area contributed by atoms with Crippen LogP contribution in [0.2, 0.25) is 0 Å². The Bertz CT molecular complexity index is 2130. The van der Waals surface area contributed by atoms with Crippen molar-refractivity contribution in [3.8, 4) is 11.3 Å². The van der Waals surface area contributed by atoms with Crippen molar-refractivity contribution in [2.75, 3.05) is 14.2 Å². The summed E-state index contributed by atoms with van der Waals surface area (Å²) < 4.78 is 2.57. The number of para-hydroxylation sites is 1. The standard InChI is InChI=1S/C33H18NS.2CH4O.Ir/c1-6-12-30-20(7-1)13-15-31(34-30)21-14-16-32-28(17-21)29-18-26-24-10-4-2-8-22(24)23-9-3-5-11-25(23)27(26)19-33(29)35-32;2*1-2;/h1-13,15-19H;2*2H,1H3;/q-1;;;. The van der Waals surface area contributed by atoms with Gasteiger partial charge in [0.15, 0.2) is 0 Å². The molecule has 0 unspecified atom stereocenters. The molecule has 0 atom stereocenters. The van der Waals surface area contributed by atoms with Crippen LogP contribution in [0.5, 0.6) is 0 Å². The number of hydrogen-bond acceptors (Lipinski definition) is 4. The number of aromatic nitrogens is 1. The molecule has 1 radical (unpaired) electrons. The van der Waals surface area contributed by atoms with E-state index in [2.05, 4.69) is 109 Å². The van der Waals surface area contributed by atoms with E-state index >= 15 is 0 Å². The molecule has 0 aliphatic carbocycles. The largest absolute Gasteiger partial charge is 0.400 e. The number of pyridine rings is 1. The summed E-state index contributed by atoms with van der Waals surface area (Å²) in [6, 6.07) is 42.7. The quantitative estimate of drug-likeness (QED) is 0.132. The summed E-state index contributed by atoms with van der Waals surface area (Å²) in [5.41, 5.74) is 3.01. The summed E-state index contributed by atoms with van der Waals surface area (Å²) in [6.45, 7) is 0. The number of aliphatic hydroxyl groups excluding tert-OH is 2. The van der Waals surface area contributed by atoms with E-state index in [1.165, 1.54) is 52.5 Å². The molecule has 0 fully saturated rings. The van der Waals surface area contributed by atoms with Crippen molar-refractivity contribution < 1.29 is 30.3 Å². The summed E-state index contributed by atoms with van der Waals surface area (Å²) in [5, 5.41) is 25.6. The molecule has 8 aromatic rings. The summed E-state index contributed by atoms with van der Waals surface area (Å²) in [6.07, 6.45) is 0. The minimum Gasteiger partial charge on any atom is -0.400 e. The van der Waals surface area contributed by atoms with Gasteiger partial charge in [-0.1, -0.05) is 84.2 Å². The van der Waals surface area contributed by atoms with Gasteiger partial charge < -0.3 is 10.2 Å². The number of nitrogens with zero attached hydrogens (tertiary/aromatic N) is 1. The second kappa shape index (κ2) is 11.8. The van der Waals surface area contributed by atoms with Crippen LogP contribution in [-0.4, -0.2) is 29.4 Å². The molecule has 0 saturated heterocycles. The maximum Gasteiger partial charge on any atom is 0.0595 e. The monoisotopic (exact) mass is 717 g/mol. The Labute approximate surface area is 249 Å². The van der Waals surface area contributed by atoms with Gasteiger partial charge in [-0.15, -0.1) is 23.8 Å². The second-order valence-electron chi connectivity index (χ2n) is 9.10. The number of benzene rings is 6. The molecule has 40 heavy (non-hydrogen) atoms. The summed E-state index contributed by atoms with van der Waals surface area (Å²) >= 11 is 1.85. The van der Waals surface area contributed by atoms with Gasteiger partial charge in [0.1, 0.15) is 0 Å². The SMILES string of the molecule is CO.CO.[Ir].[c-]1cc2sc3cc4c5ccccc5c5ccccc5c4cc3c2cc1-c1ccc2ccccc2n1. The molecule has 2 heterocycles. The average Bonchev–Trinajstić information content (AvgIpc) is 3.39. The van der Waals surface area contributed by atoms with Crippen LogP contribution in [0, 0.1) is 6.07 Å². The fourth-order valence-electron chi connectivity index (χ4n) is 5.48. The predicted octanol–water partition coefficient (Wildman–Crippen LogP) is 8.74. The number of fused-ring (bicyclic) bond motifs is 10. The van der Waals surface area contributed by atoms with E-state index in [1.807, 2.05) is 17.4 Å². The van der Waals surface area contributed by atoms with Crippen molar-refractivity contribution in [2.45, 2.75) is 0 Å². The van der Waals surface area contributed by atoms with Gasteiger partial charge in [-0.25, -0.2) is 0 Å². The van der Waals surface area contributed by atoms with Crippen molar-refractivity contribution in [3.63, 3.8) is 0 Å². The zero-order chi connectivity index (χ0) is 26.9. The van der Waals surface area contributed by atoms with E-state index in [4.69, 9.17) is 15.2 Å².